The molecule has 0 amide bonds. The summed E-state index contributed by atoms with van der Waals surface area (Å²) in [7, 11) is -3.42. The molecule has 0 fully saturated rings. The van der Waals surface area contributed by atoms with Crippen molar-refractivity contribution in [3.8, 4) is 16.9 Å². The molecule has 1 heterocycles. The van der Waals surface area contributed by atoms with Crippen LogP contribution in [0.5, 0.6) is 5.75 Å². The maximum atomic E-state index is 15.3. The Bertz CT molecular complexity index is 1630. The van der Waals surface area contributed by atoms with Crippen LogP contribution in [0.25, 0.3) is 11.1 Å². The fraction of sp³-hybridized carbons (Fsp3) is 0.138. The van der Waals surface area contributed by atoms with Crippen LogP contribution >= 0.6 is 0 Å². The number of methoxy groups -OCH3 is 1. The number of benzene rings is 4. The van der Waals surface area contributed by atoms with E-state index in [0.717, 1.165) is 12.1 Å². The molecule has 0 N–H and O–H groups in total. The minimum absolute atomic E-state index is 0.215. The first-order valence-electron chi connectivity index (χ1n) is 11.8. The van der Waals surface area contributed by atoms with Gasteiger partial charge in [0.25, 0.3) is 0 Å². The Labute approximate surface area is 223 Å². The van der Waals surface area contributed by atoms with Gasteiger partial charge in [-0.1, -0.05) is 72.8 Å². The van der Waals surface area contributed by atoms with Crippen molar-refractivity contribution in [2.75, 3.05) is 7.11 Å². The third-order valence-electron chi connectivity index (χ3n) is 6.47. The van der Waals surface area contributed by atoms with Crippen molar-refractivity contribution in [1.82, 2.24) is 4.31 Å². The zero-order valence-electron chi connectivity index (χ0n) is 20.6. The number of rotatable bonds is 6. The van der Waals surface area contributed by atoms with Crippen molar-refractivity contribution in [2.24, 2.45) is 0 Å². The maximum absolute atomic E-state index is 15.3. The molecule has 200 valence electrons. The Morgan fingerprint density at radius 1 is 0.846 bits per heavy atom. The van der Waals surface area contributed by atoms with Crippen molar-refractivity contribution in [1.29, 1.82) is 0 Å². The van der Waals surface area contributed by atoms with E-state index < -0.39 is 44.9 Å². The first-order chi connectivity index (χ1) is 18.6. The van der Waals surface area contributed by atoms with Crippen LogP contribution in [0, 0.1) is 0 Å². The van der Waals surface area contributed by atoms with Gasteiger partial charge in [0.05, 0.1) is 17.6 Å². The summed E-state index contributed by atoms with van der Waals surface area (Å²) in [5.74, 6) is -1.14. The van der Waals surface area contributed by atoms with Gasteiger partial charge in [0.15, 0.2) is 0 Å². The van der Waals surface area contributed by atoms with Crippen LogP contribution in [-0.2, 0) is 27.0 Å². The molecule has 39 heavy (non-hydrogen) atoms. The number of carbonyl (C=O) groups is 1. The van der Waals surface area contributed by atoms with Crippen LogP contribution in [0.3, 0.4) is 0 Å². The highest BCUT2D eigenvalue weighted by Gasteiger charge is 2.71. The number of esters is 1. The number of hydrogen-bond acceptors (Lipinski definition) is 5. The molecule has 6 nitrogen and oxygen atoms in total. The van der Waals surface area contributed by atoms with Gasteiger partial charge in [-0.05, 0) is 47.0 Å². The Kier molecular flexibility index (Phi) is 6.69. The standard InChI is InChI=1S/C29H22F3NO5S/c1-37-24-14-8-13-23(17-24)27(34)38-28(29(30,31)32)25-18-22(21-11-6-3-7-12-21)15-16-26(25)39(35,36)33(28)19-20-9-4-2-5-10-20/h2-18H,19H2,1H3/t28-/m1/s1. The lowest BCUT2D eigenvalue weighted by Gasteiger charge is -2.38. The highest BCUT2D eigenvalue weighted by atomic mass is 32.2. The first-order valence-corrected chi connectivity index (χ1v) is 13.2. The zero-order chi connectivity index (χ0) is 27.8. The molecule has 1 aliphatic heterocycles. The smallest absolute Gasteiger partial charge is 0.449 e. The van der Waals surface area contributed by atoms with Gasteiger partial charge < -0.3 is 9.47 Å². The van der Waals surface area contributed by atoms with Crippen LogP contribution in [0.1, 0.15) is 21.5 Å². The average Bonchev–Trinajstić information content (AvgIpc) is 3.13. The second-order valence-corrected chi connectivity index (χ2v) is 10.7. The Hall–Kier alpha value is -4.15. The molecule has 4 aromatic carbocycles. The van der Waals surface area contributed by atoms with E-state index in [0.29, 0.717) is 11.1 Å². The summed E-state index contributed by atoms with van der Waals surface area (Å²) in [5.41, 5.74) is -3.39. The first kappa shape index (κ1) is 26.5. The van der Waals surface area contributed by atoms with Crippen LogP contribution < -0.4 is 4.74 Å². The topological polar surface area (TPSA) is 72.9 Å². The van der Waals surface area contributed by atoms with E-state index >= 15 is 13.2 Å². The number of alkyl halides is 3. The van der Waals surface area contributed by atoms with Crippen molar-refractivity contribution in [2.45, 2.75) is 23.3 Å². The van der Waals surface area contributed by atoms with E-state index in [-0.39, 0.29) is 21.2 Å². The Morgan fingerprint density at radius 3 is 2.15 bits per heavy atom. The second kappa shape index (κ2) is 9.87. The second-order valence-electron chi connectivity index (χ2n) is 8.84. The molecule has 0 spiro atoms. The fourth-order valence-corrected chi connectivity index (χ4v) is 6.45. The lowest BCUT2D eigenvalue weighted by molar-refractivity contribution is -0.303. The Morgan fingerprint density at radius 2 is 1.51 bits per heavy atom. The number of fused-ring (bicyclic) bond motifs is 1. The highest BCUT2D eigenvalue weighted by molar-refractivity contribution is 7.89. The lowest BCUT2D eigenvalue weighted by atomic mass is 9.95. The van der Waals surface area contributed by atoms with Crippen LogP contribution in [0.15, 0.2) is 108 Å². The van der Waals surface area contributed by atoms with E-state index in [9.17, 15) is 13.2 Å². The van der Waals surface area contributed by atoms with Crippen molar-refractivity contribution in [3.05, 3.63) is 120 Å². The number of hydrogen-bond donors (Lipinski definition) is 0. The molecule has 0 aromatic heterocycles. The molecule has 5 rings (SSSR count). The van der Waals surface area contributed by atoms with Crippen molar-refractivity contribution >= 4 is 16.0 Å². The molecule has 0 unspecified atom stereocenters. The van der Waals surface area contributed by atoms with Gasteiger partial charge in [-0.25, -0.2) is 13.2 Å². The summed E-state index contributed by atoms with van der Waals surface area (Å²) < 4.78 is 84.1. The minimum atomic E-state index is -5.36. The highest BCUT2D eigenvalue weighted by Crippen LogP contribution is 2.55. The van der Waals surface area contributed by atoms with Gasteiger partial charge in [0.1, 0.15) is 5.75 Å². The number of carbonyl (C=O) groups excluding carboxylic acids is 1. The predicted molar refractivity (Wildman–Crippen MR) is 137 cm³/mol. The molecule has 10 heteroatoms. The predicted octanol–water partition coefficient (Wildman–Crippen LogP) is 6.14. The summed E-state index contributed by atoms with van der Waals surface area (Å²) >= 11 is 0. The molecular formula is C29H22F3NO5S. The summed E-state index contributed by atoms with van der Waals surface area (Å²) in [5, 5.41) is 0. The summed E-state index contributed by atoms with van der Waals surface area (Å²) in [6.07, 6.45) is -5.36. The van der Waals surface area contributed by atoms with Crippen LogP contribution in [-0.4, -0.2) is 32.0 Å². The molecule has 1 aliphatic rings. The van der Waals surface area contributed by atoms with E-state index in [2.05, 4.69) is 0 Å². The van der Waals surface area contributed by atoms with Crippen molar-refractivity contribution in [3.63, 3.8) is 0 Å². The van der Waals surface area contributed by atoms with Gasteiger partial charge in [-0.2, -0.15) is 13.2 Å². The molecule has 1 atom stereocenters. The molecule has 0 saturated heterocycles. The zero-order valence-corrected chi connectivity index (χ0v) is 21.4. The van der Waals surface area contributed by atoms with E-state index in [1.165, 1.54) is 49.6 Å². The Balaban J connectivity index is 1.75. The van der Waals surface area contributed by atoms with Gasteiger partial charge in [0, 0.05) is 12.1 Å². The van der Waals surface area contributed by atoms with E-state index in [1.807, 2.05) is 0 Å². The number of nitrogens with zero attached hydrogens (tertiary/aromatic N) is 1. The van der Waals surface area contributed by atoms with Crippen LogP contribution in [0.2, 0.25) is 0 Å². The molecule has 4 aromatic rings. The summed E-state index contributed by atoms with van der Waals surface area (Å²) in [4.78, 5) is 12.7. The molecule has 0 radical (unpaired) electrons. The summed E-state index contributed by atoms with van der Waals surface area (Å²) in [6.45, 7) is -0.691. The van der Waals surface area contributed by atoms with Gasteiger partial charge in [-0.3, -0.25) is 0 Å². The molecule has 0 saturated carbocycles. The lowest BCUT2D eigenvalue weighted by Crippen LogP contribution is -2.56. The molecular weight excluding hydrogens is 531 g/mol. The largest absolute Gasteiger partial charge is 0.497 e. The van der Waals surface area contributed by atoms with Crippen molar-refractivity contribution < 1.29 is 35.9 Å². The van der Waals surface area contributed by atoms with Gasteiger partial charge in [-0.15, -0.1) is 4.31 Å². The summed E-state index contributed by atoms with van der Waals surface area (Å²) in [6, 6.07) is 25.5. The third-order valence-corrected chi connectivity index (χ3v) is 8.35. The van der Waals surface area contributed by atoms with Gasteiger partial charge >= 0.3 is 17.9 Å². The van der Waals surface area contributed by atoms with E-state index in [1.54, 1.807) is 48.5 Å². The van der Waals surface area contributed by atoms with E-state index in [4.69, 9.17) is 9.47 Å². The number of ether oxygens (including phenoxy) is 2. The minimum Gasteiger partial charge on any atom is -0.497 e. The number of sulfonamides is 1. The fourth-order valence-electron chi connectivity index (χ4n) is 4.60. The SMILES string of the molecule is COc1cccc(C(=O)O[C@@]2(C(F)(F)F)c3cc(-c4ccccc4)ccc3S(=O)(=O)N2Cc2ccccc2)c1. The monoisotopic (exact) mass is 553 g/mol. The average molecular weight is 554 g/mol. The molecule has 0 aliphatic carbocycles. The van der Waals surface area contributed by atoms with Gasteiger partial charge in [0.2, 0.25) is 10.0 Å². The quantitative estimate of drug-likeness (QED) is 0.268. The normalized spacial score (nSPS) is 18.4. The molecule has 0 bridgehead atoms. The third kappa shape index (κ3) is 4.55. The maximum Gasteiger partial charge on any atom is 0.449 e. The number of halogens is 3. The van der Waals surface area contributed by atoms with Crippen LogP contribution in [0.4, 0.5) is 13.2 Å².